The number of morpholine rings is 1. The smallest absolute Gasteiger partial charge is 0.274 e. The highest BCUT2D eigenvalue weighted by molar-refractivity contribution is 5.94. The number of nitrogens with zero attached hydrogens (tertiary/aromatic N) is 4. The molecule has 2 saturated heterocycles. The van der Waals surface area contributed by atoms with Crippen LogP contribution in [0.5, 0.6) is 0 Å². The summed E-state index contributed by atoms with van der Waals surface area (Å²) in [6, 6.07) is 0.401. The molecule has 0 radical (unpaired) electrons. The first-order chi connectivity index (χ1) is 15.0. The van der Waals surface area contributed by atoms with Crippen LogP contribution in [0, 0.1) is 0 Å². The number of hydrogen-bond donors (Lipinski definition) is 1. The zero-order chi connectivity index (χ0) is 21.8. The minimum atomic E-state index is 0.0996. The molecule has 0 spiro atoms. The van der Waals surface area contributed by atoms with Gasteiger partial charge >= 0.3 is 0 Å². The predicted molar refractivity (Wildman–Crippen MR) is 123 cm³/mol. The topological polar surface area (TPSA) is 62.6 Å². The number of aromatic nitrogens is 2. The highest BCUT2D eigenvalue weighted by Gasteiger charge is 2.33. The van der Waals surface area contributed by atoms with Crippen LogP contribution < -0.4 is 5.32 Å². The van der Waals surface area contributed by atoms with Crippen molar-refractivity contribution >= 4 is 5.91 Å². The Kier molecular flexibility index (Phi) is 7.34. The van der Waals surface area contributed by atoms with E-state index in [0.29, 0.717) is 6.04 Å². The van der Waals surface area contributed by atoms with E-state index in [0.717, 1.165) is 90.3 Å². The molecule has 2 fully saturated rings. The number of nitrogens with one attached hydrogen (secondary N) is 1. The van der Waals surface area contributed by atoms with Crippen molar-refractivity contribution in [2.24, 2.45) is 0 Å². The van der Waals surface area contributed by atoms with Crippen LogP contribution in [0.25, 0.3) is 0 Å². The normalized spacial score (nSPS) is 23.5. The van der Waals surface area contributed by atoms with Gasteiger partial charge in [-0.2, -0.15) is 5.10 Å². The highest BCUT2D eigenvalue weighted by Crippen LogP contribution is 2.27. The molecule has 174 valence electrons. The summed E-state index contributed by atoms with van der Waals surface area (Å²) in [7, 11) is 0. The van der Waals surface area contributed by atoms with E-state index in [1.165, 1.54) is 24.1 Å². The van der Waals surface area contributed by atoms with Gasteiger partial charge in [0, 0.05) is 62.1 Å². The summed E-state index contributed by atoms with van der Waals surface area (Å²) < 4.78 is 7.61. The third-order valence-corrected chi connectivity index (χ3v) is 7.43. The van der Waals surface area contributed by atoms with E-state index in [-0.39, 0.29) is 11.4 Å². The van der Waals surface area contributed by atoms with Crippen LogP contribution in [0.15, 0.2) is 0 Å². The Morgan fingerprint density at radius 3 is 2.52 bits per heavy atom. The lowest BCUT2D eigenvalue weighted by Crippen LogP contribution is -2.56. The molecule has 1 unspecified atom stereocenters. The van der Waals surface area contributed by atoms with Crippen molar-refractivity contribution in [1.82, 2.24) is 24.9 Å². The van der Waals surface area contributed by atoms with Gasteiger partial charge in [-0.15, -0.1) is 0 Å². The molecule has 2 aliphatic heterocycles. The highest BCUT2D eigenvalue weighted by atomic mass is 16.5. The van der Waals surface area contributed by atoms with Crippen molar-refractivity contribution in [3.05, 3.63) is 17.0 Å². The van der Waals surface area contributed by atoms with Gasteiger partial charge in [-0.3, -0.25) is 14.4 Å². The fraction of sp³-hybridized carbons (Fsp3) is 0.833. The zero-order valence-corrected chi connectivity index (χ0v) is 19.8. The minimum Gasteiger partial charge on any atom is -0.379 e. The van der Waals surface area contributed by atoms with Gasteiger partial charge in [0.15, 0.2) is 5.69 Å². The summed E-state index contributed by atoms with van der Waals surface area (Å²) in [6.45, 7) is 14.0. The van der Waals surface area contributed by atoms with E-state index in [9.17, 15) is 4.79 Å². The quantitative estimate of drug-likeness (QED) is 0.750. The lowest BCUT2D eigenvalue weighted by atomic mass is 9.90. The van der Waals surface area contributed by atoms with Crippen molar-refractivity contribution in [2.75, 3.05) is 45.9 Å². The van der Waals surface area contributed by atoms with Crippen molar-refractivity contribution in [2.45, 2.75) is 83.8 Å². The maximum absolute atomic E-state index is 13.4. The molecule has 7 nitrogen and oxygen atoms in total. The first kappa shape index (κ1) is 22.7. The number of aryl methyl sites for hydroxylation is 1. The third-order valence-electron chi connectivity index (χ3n) is 7.43. The molecule has 0 bridgehead atoms. The first-order valence-electron chi connectivity index (χ1n) is 12.4. The van der Waals surface area contributed by atoms with E-state index in [1.807, 2.05) is 4.90 Å². The number of hydrogen-bond acceptors (Lipinski definition) is 5. The fourth-order valence-corrected chi connectivity index (χ4v) is 5.39. The first-order valence-corrected chi connectivity index (χ1v) is 12.4. The van der Waals surface area contributed by atoms with E-state index in [1.54, 1.807) is 0 Å². The molecule has 1 aromatic heterocycles. The molecule has 1 atom stereocenters. The monoisotopic (exact) mass is 431 g/mol. The Balaban J connectivity index is 1.44. The third kappa shape index (κ3) is 5.15. The summed E-state index contributed by atoms with van der Waals surface area (Å²) in [6.07, 6.45) is 7.70. The van der Waals surface area contributed by atoms with Crippen LogP contribution in [-0.4, -0.2) is 83.0 Å². The van der Waals surface area contributed by atoms with Crippen LogP contribution in [0.3, 0.4) is 0 Å². The number of carbonyl (C=O) groups is 1. The Hall–Kier alpha value is -1.44. The molecule has 3 heterocycles. The number of likely N-dealkylation sites (tertiary alicyclic amines) is 1. The van der Waals surface area contributed by atoms with Gasteiger partial charge in [0.1, 0.15) is 0 Å². The summed E-state index contributed by atoms with van der Waals surface area (Å²) >= 11 is 0. The Labute approximate surface area is 187 Å². The second-order valence-corrected chi connectivity index (χ2v) is 10.0. The lowest BCUT2D eigenvalue weighted by Gasteiger charge is -2.42. The fourth-order valence-electron chi connectivity index (χ4n) is 5.39. The van der Waals surface area contributed by atoms with Crippen molar-refractivity contribution < 1.29 is 9.53 Å². The van der Waals surface area contributed by atoms with Crippen LogP contribution in [-0.2, 0) is 24.1 Å². The maximum atomic E-state index is 13.4. The molecule has 3 aliphatic rings. The number of rotatable bonds is 6. The minimum absolute atomic E-state index is 0.0996. The Bertz CT molecular complexity index is 745. The van der Waals surface area contributed by atoms with Gasteiger partial charge in [-0.25, -0.2) is 0 Å². The number of amides is 1. The summed E-state index contributed by atoms with van der Waals surface area (Å²) in [5.74, 6) is 0.152. The molecular formula is C24H41N5O2. The zero-order valence-electron chi connectivity index (χ0n) is 19.8. The molecule has 31 heavy (non-hydrogen) atoms. The van der Waals surface area contributed by atoms with Crippen LogP contribution in [0.1, 0.15) is 74.6 Å². The molecule has 4 rings (SSSR count). The van der Waals surface area contributed by atoms with E-state index < -0.39 is 0 Å². The number of fused-ring (bicyclic) bond motifs is 1. The van der Waals surface area contributed by atoms with Crippen molar-refractivity contribution in [1.29, 1.82) is 0 Å². The van der Waals surface area contributed by atoms with Crippen LogP contribution in [0.2, 0.25) is 0 Å². The van der Waals surface area contributed by atoms with E-state index in [4.69, 9.17) is 9.84 Å². The second-order valence-electron chi connectivity index (χ2n) is 10.0. The maximum Gasteiger partial charge on any atom is 0.274 e. The lowest BCUT2D eigenvalue weighted by molar-refractivity contribution is -0.0104. The van der Waals surface area contributed by atoms with Gasteiger partial charge < -0.3 is 15.0 Å². The Morgan fingerprint density at radius 1 is 1.13 bits per heavy atom. The van der Waals surface area contributed by atoms with E-state index in [2.05, 4.69) is 35.7 Å². The predicted octanol–water partition coefficient (Wildman–Crippen LogP) is 2.48. The Morgan fingerprint density at radius 2 is 1.84 bits per heavy atom. The summed E-state index contributed by atoms with van der Waals surface area (Å²) in [4.78, 5) is 18.0. The van der Waals surface area contributed by atoms with Crippen molar-refractivity contribution in [3.8, 4) is 0 Å². The molecule has 0 saturated carbocycles. The summed E-state index contributed by atoms with van der Waals surface area (Å²) in [5, 5.41) is 8.65. The molecular weight excluding hydrogens is 390 g/mol. The number of ether oxygens (including phenoxy) is 1. The molecule has 1 N–H and O–H groups in total. The molecule has 1 aromatic rings. The average molecular weight is 432 g/mol. The molecule has 1 amide bonds. The van der Waals surface area contributed by atoms with Gasteiger partial charge in [0.05, 0.1) is 13.2 Å². The van der Waals surface area contributed by atoms with Crippen LogP contribution >= 0.6 is 0 Å². The molecule has 7 heteroatoms. The molecule has 1 aliphatic carbocycles. The second kappa shape index (κ2) is 10.0. The van der Waals surface area contributed by atoms with Gasteiger partial charge in [-0.1, -0.05) is 12.8 Å². The van der Waals surface area contributed by atoms with Gasteiger partial charge in [0.25, 0.3) is 5.91 Å². The van der Waals surface area contributed by atoms with E-state index >= 15 is 0 Å². The average Bonchev–Trinajstić information content (AvgIpc) is 2.95. The standard InChI is InChI=1S/C24H41N5O2/c1-4-29-21-10-9-19(25-18-24(2,3)28-13-15-31-16-14-28)17-20(21)22(26-29)23(30)27-11-7-5-6-8-12-27/h19,25H,4-18H2,1-3H3. The number of carbonyl (C=O) groups excluding carboxylic acids is 1. The van der Waals surface area contributed by atoms with Crippen molar-refractivity contribution in [3.63, 3.8) is 0 Å². The largest absolute Gasteiger partial charge is 0.379 e. The van der Waals surface area contributed by atoms with Gasteiger partial charge in [-0.05, 0) is 52.9 Å². The van der Waals surface area contributed by atoms with Crippen LogP contribution in [0.4, 0.5) is 0 Å². The summed E-state index contributed by atoms with van der Waals surface area (Å²) in [5.41, 5.74) is 3.30. The van der Waals surface area contributed by atoms with Gasteiger partial charge in [0.2, 0.25) is 0 Å². The SMILES string of the molecule is CCn1nc(C(=O)N2CCCCCC2)c2c1CCC(NCC(C)(C)N1CCOCC1)C2. The molecule has 0 aromatic carbocycles.